The van der Waals surface area contributed by atoms with Gasteiger partial charge in [-0.2, -0.15) is 0 Å². The van der Waals surface area contributed by atoms with Crippen molar-refractivity contribution in [2.75, 3.05) is 0 Å². The zero-order valence-electron chi connectivity index (χ0n) is 4.81. The van der Waals surface area contributed by atoms with Crippen LogP contribution in [0.3, 0.4) is 0 Å². The predicted molar refractivity (Wildman–Crippen MR) is 27.1 cm³/mol. The molecule has 1 N–H and O–H groups in total. The standard InChI is InChI=1S/C5H8O2.Mn/c1-4(6)3-5(2)7;/h3,6H,1-2H3;/b4-3+;. The van der Waals surface area contributed by atoms with Crippen LogP contribution in [0.5, 0.6) is 0 Å². The van der Waals surface area contributed by atoms with Gasteiger partial charge in [-0.05, 0) is 13.8 Å². The normalized spacial score (nSPS) is 10.0. The maximum Gasteiger partial charge on any atom is 0.155 e. The van der Waals surface area contributed by atoms with Crippen LogP contribution >= 0.6 is 0 Å². The average Bonchev–Trinajstić information content (AvgIpc) is 1.27. The smallest absolute Gasteiger partial charge is 0.155 e. The Bertz CT molecular complexity index is 103. The molecule has 0 aliphatic heterocycles. The fourth-order valence-electron chi connectivity index (χ4n) is 0.294. The van der Waals surface area contributed by atoms with Crippen LogP contribution in [-0.2, 0) is 21.9 Å². The molecule has 0 aromatic carbocycles. The number of aliphatic hydroxyl groups excluding tert-OH is 1. The summed E-state index contributed by atoms with van der Waals surface area (Å²) in [4.78, 5) is 10.0. The van der Waals surface area contributed by atoms with Crippen molar-refractivity contribution in [2.45, 2.75) is 13.8 Å². The second-order valence-corrected chi connectivity index (χ2v) is 1.40. The van der Waals surface area contributed by atoms with E-state index in [2.05, 4.69) is 0 Å². The minimum Gasteiger partial charge on any atom is -0.512 e. The Balaban J connectivity index is 0. The number of aliphatic hydroxyl groups is 1. The molecule has 1 radical (unpaired) electrons. The number of carbonyl (C=O) groups excluding carboxylic acids is 1. The molecule has 0 aliphatic rings. The first-order valence-electron chi connectivity index (χ1n) is 2.01. The zero-order valence-corrected chi connectivity index (χ0v) is 5.99. The first-order chi connectivity index (χ1) is 3.13. The zero-order chi connectivity index (χ0) is 5.86. The molecule has 0 aromatic rings. The second-order valence-electron chi connectivity index (χ2n) is 1.40. The Morgan fingerprint density at radius 3 is 1.88 bits per heavy atom. The SMILES string of the molecule is CC(=O)/C=C(\C)O.[Mn]. The van der Waals surface area contributed by atoms with Crippen molar-refractivity contribution in [3.63, 3.8) is 0 Å². The monoisotopic (exact) mass is 155 g/mol. The summed E-state index contributed by atoms with van der Waals surface area (Å²) < 4.78 is 0. The predicted octanol–water partition coefficient (Wildman–Crippen LogP) is 1.03. The molecule has 0 atom stereocenters. The third-order valence-electron chi connectivity index (χ3n) is 0.412. The minimum absolute atomic E-state index is 0. The average molecular weight is 155 g/mol. The number of ketones is 1. The fraction of sp³-hybridized carbons (Fsp3) is 0.400. The number of carbonyl (C=O) groups is 1. The Hall–Kier alpha value is -0.271. The van der Waals surface area contributed by atoms with Crippen LogP contribution < -0.4 is 0 Å². The molecule has 8 heavy (non-hydrogen) atoms. The van der Waals surface area contributed by atoms with Crippen molar-refractivity contribution in [3.8, 4) is 0 Å². The van der Waals surface area contributed by atoms with E-state index in [9.17, 15) is 4.79 Å². The van der Waals surface area contributed by atoms with Gasteiger partial charge in [-0.25, -0.2) is 0 Å². The molecule has 0 heterocycles. The summed E-state index contributed by atoms with van der Waals surface area (Å²) in [6, 6.07) is 0. The second kappa shape index (κ2) is 4.88. The molecule has 0 unspecified atom stereocenters. The van der Waals surface area contributed by atoms with E-state index >= 15 is 0 Å². The summed E-state index contributed by atoms with van der Waals surface area (Å²) in [6.07, 6.45) is 1.17. The molecule has 47 valence electrons. The van der Waals surface area contributed by atoms with Crippen LogP contribution in [0.4, 0.5) is 0 Å². The van der Waals surface area contributed by atoms with E-state index < -0.39 is 0 Å². The van der Waals surface area contributed by atoms with Gasteiger partial charge in [-0.3, -0.25) is 4.79 Å². The first kappa shape index (κ1) is 10.7. The molecule has 0 aromatic heterocycles. The molecule has 0 bridgehead atoms. The summed E-state index contributed by atoms with van der Waals surface area (Å²) in [5.41, 5.74) is 0. The largest absolute Gasteiger partial charge is 0.512 e. The molecule has 2 nitrogen and oxygen atoms in total. The van der Waals surface area contributed by atoms with Gasteiger partial charge in [-0.15, -0.1) is 0 Å². The van der Waals surface area contributed by atoms with Crippen LogP contribution in [0.15, 0.2) is 11.8 Å². The van der Waals surface area contributed by atoms with Gasteiger partial charge in [0.15, 0.2) is 5.78 Å². The Labute approximate surface area is 59.1 Å². The van der Waals surface area contributed by atoms with E-state index in [0.29, 0.717) is 0 Å². The van der Waals surface area contributed by atoms with Crippen molar-refractivity contribution in [1.82, 2.24) is 0 Å². The first-order valence-corrected chi connectivity index (χ1v) is 2.01. The van der Waals surface area contributed by atoms with Gasteiger partial charge >= 0.3 is 0 Å². The maximum atomic E-state index is 10.0. The molecule has 0 saturated heterocycles. The van der Waals surface area contributed by atoms with Gasteiger partial charge in [0.25, 0.3) is 0 Å². The van der Waals surface area contributed by atoms with Crippen molar-refractivity contribution >= 4 is 5.78 Å². The summed E-state index contributed by atoms with van der Waals surface area (Å²) >= 11 is 0. The van der Waals surface area contributed by atoms with Gasteiger partial charge in [0, 0.05) is 23.1 Å². The summed E-state index contributed by atoms with van der Waals surface area (Å²) in [5.74, 6) is -0.0625. The molecule has 0 aliphatic carbocycles. The van der Waals surface area contributed by atoms with E-state index in [-0.39, 0.29) is 28.6 Å². The van der Waals surface area contributed by atoms with E-state index in [1.54, 1.807) is 0 Å². The molecule has 0 saturated carbocycles. The summed E-state index contributed by atoms with van der Waals surface area (Å²) in [6.45, 7) is 2.85. The van der Waals surface area contributed by atoms with Gasteiger partial charge in [0.2, 0.25) is 0 Å². The van der Waals surface area contributed by atoms with Crippen molar-refractivity contribution in [2.24, 2.45) is 0 Å². The molecule has 3 heteroatoms. The fourth-order valence-corrected chi connectivity index (χ4v) is 0.294. The number of rotatable bonds is 1. The van der Waals surface area contributed by atoms with Crippen LogP contribution in [0, 0.1) is 0 Å². The van der Waals surface area contributed by atoms with E-state index in [1.165, 1.54) is 19.9 Å². The van der Waals surface area contributed by atoms with E-state index in [1.807, 2.05) is 0 Å². The van der Waals surface area contributed by atoms with Crippen molar-refractivity contribution < 1.29 is 27.0 Å². The third-order valence-corrected chi connectivity index (χ3v) is 0.412. The molecule has 0 spiro atoms. The van der Waals surface area contributed by atoms with Gasteiger partial charge in [-0.1, -0.05) is 0 Å². The molecule has 0 fully saturated rings. The number of hydrogen-bond acceptors (Lipinski definition) is 2. The third kappa shape index (κ3) is 9.21. The van der Waals surface area contributed by atoms with Gasteiger partial charge in [0.1, 0.15) is 0 Å². The van der Waals surface area contributed by atoms with Crippen molar-refractivity contribution in [1.29, 1.82) is 0 Å². The van der Waals surface area contributed by atoms with Crippen molar-refractivity contribution in [3.05, 3.63) is 11.8 Å². The maximum absolute atomic E-state index is 10.0. The molecular weight excluding hydrogens is 147 g/mol. The summed E-state index contributed by atoms with van der Waals surface area (Å²) in [5, 5.41) is 8.36. The molecular formula is C5H8MnO2. The minimum atomic E-state index is -0.125. The summed E-state index contributed by atoms with van der Waals surface area (Å²) in [7, 11) is 0. The van der Waals surface area contributed by atoms with Crippen LogP contribution in [0.1, 0.15) is 13.8 Å². The molecule has 0 amide bonds. The molecule has 0 rings (SSSR count). The quantitative estimate of drug-likeness (QED) is 0.349. The van der Waals surface area contributed by atoms with Crippen LogP contribution in [0.2, 0.25) is 0 Å². The number of hydrogen-bond donors (Lipinski definition) is 1. The Morgan fingerprint density at radius 2 is 1.88 bits per heavy atom. The van der Waals surface area contributed by atoms with Gasteiger partial charge in [0.05, 0.1) is 5.76 Å². The van der Waals surface area contributed by atoms with E-state index in [0.717, 1.165) is 0 Å². The van der Waals surface area contributed by atoms with Gasteiger partial charge < -0.3 is 5.11 Å². The Morgan fingerprint density at radius 1 is 1.50 bits per heavy atom. The van der Waals surface area contributed by atoms with Crippen LogP contribution in [0.25, 0.3) is 0 Å². The topological polar surface area (TPSA) is 37.3 Å². The van der Waals surface area contributed by atoms with E-state index in [4.69, 9.17) is 5.11 Å². The Kier molecular flexibility index (Phi) is 6.50. The van der Waals surface area contributed by atoms with Crippen LogP contribution in [-0.4, -0.2) is 10.9 Å². The number of allylic oxidation sites excluding steroid dienone is 2.